The van der Waals surface area contributed by atoms with Crippen LogP contribution in [0, 0.1) is 0 Å². The van der Waals surface area contributed by atoms with E-state index in [2.05, 4.69) is 4.98 Å². The van der Waals surface area contributed by atoms with E-state index in [0.29, 0.717) is 5.56 Å². The fourth-order valence-corrected chi connectivity index (χ4v) is 2.07. The van der Waals surface area contributed by atoms with Gasteiger partial charge in [-0.1, -0.05) is 12.1 Å². The Morgan fingerprint density at radius 1 is 1.26 bits per heavy atom. The van der Waals surface area contributed by atoms with E-state index >= 15 is 0 Å². The maximum atomic E-state index is 10.8. The number of fused-ring (bicyclic) bond motifs is 1. The molecule has 0 atom stereocenters. The van der Waals surface area contributed by atoms with Gasteiger partial charge in [-0.3, -0.25) is 9.20 Å². The summed E-state index contributed by atoms with van der Waals surface area (Å²) in [6, 6.07) is 11.3. The van der Waals surface area contributed by atoms with Crippen LogP contribution in [0.2, 0.25) is 0 Å². The van der Waals surface area contributed by atoms with E-state index in [1.165, 1.54) is 0 Å². The highest BCUT2D eigenvalue weighted by Crippen LogP contribution is 2.23. The van der Waals surface area contributed by atoms with E-state index in [4.69, 9.17) is 4.74 Å². The molecular weight excluding hydrogens is 240 g/mol. The van der Waals surface area contributed by atoms with E-state index in [1.54, 1.807) is 19.4 Å². The molecule has 4 nitrogen and oxygen atoms in total. The summed E-state index contributed by atoms with van der Waals surface area (Å²) in [5.74, 6) is 1.62. The lowest BCUT2D eigenvalue weighted by Crippen LogP contribution is -1.91. The number of aldehydes is 1. The Bertz CT molecular complexity index is 747. The fraction of sp³-hybridized carbons (Fsp3) is 0.0667. The molecule has 0 amide bonds. The number of benzene rings is 1. The fourth-order valence-electron chi connectivity index (χ4n) is 2.07. The van der Waals surface area contributed by atoms with E-state index in [-0.39, 0.29) is 0 Å². The van der Waals surface area contributed by atoms with Crippen LogP contribution < -0.4 is 4.74 Å². The first-order valence-electron chi connectivity index (χ1n) is 5.88. The Morgan fingerprint density at radius 2 is 2.16 bits per heavy atom. The second-order valence-electron chi connectivity index (χ2n) is 4.19. The molecule has 0 saturated heterocycles. The molecule has 4 heteroatoms. The Labute approximate surface area is 110 Å². The van der Waals surface area contributed by atoms with Crippen LogP contribution in [0.25, 0.3) is 16.9 Å². The van der Waals surface area contributed by atoms with Crippen LogP contribution in [-0.2, 0) is 0 Å². The number of pyridine rings is 1. The van der Waals surface area contributed by atoms with Crippen molar-refractivity contribution in [1.82, 2.24) is 9.38 Å². The lowest BCUT2D eigenvalue weighted by Gasteiger charge is -2.04. The normalized spacial score (nSPS) is 10.6. The molecule has 0 fully saturated rings. The molecule has 1 aromatic carbocycles. The minimum atomic E-state index is 0.643. The zero-order valence-electron chi connectivity index (χ0n) is 10.4. The van der Waals surface area contributed by atoms with Gasteiger partial charge < -0.3 is 4.74 Å². The Hall–Kier alpha value is -2.62. The van der Waals surface area contributed by atoms with Crippen LogP contribution in [-0.4, -0.2) is 22.8 Å². The lowest BCUT2D eigenvalue weighted by molar-refractivity contribution is 0.112. The monoisotopic (exact) mass is 252 g/mol. The summed E-state index contributed by atoms with van der Waals surface area (Å²) in [5, 5.41) is 0. The van der Waals surface area contributed by atoms with Gasteiger partial charge in [0.05, 0.1) is 18.8 Å². The summed E-state index contributed by atoms with van der Waals surface area (Å²) in [6.07, 6.45) is 4.43. The molecule has 0 saturated carbocycles. The molecule has 0 aliphatic carbocycles. The van der Waals surface area contributed by atoms with Gasteiger partial charge in [-0.15, -0.1) is 0 Å². The molecule has 3 rings (SSSR count). The van der Waals surface area contributed by atoms with Crippen molar-refractivity contribution in [2.24, 2.45) is 0 Å². The number of imidazole rings is 1. The zero-order valence-corrected chi connectivity index (χ0v) is 10.4. The Balaban J connectivity index is 2.16. The van der Waals surface area contributed by atoms with Gasteiger partial charge in [0.2, 0.25) is 0 Å². The average molecular weight is 252 g/mol. The highest BCUT2D eigenvalue weighted by molar-refractivity contribution is 5.78. The highest BCUT2D eigenvalue weighted by Gasteiger charge is 2.07. The van der Waals surface area contributed by atoms with E-state index in [0.717, 1.165) is 28.9 Å². The van der Waals surface area contributed by atoms with Crippen molar-refractivity contribution in [3.8, 4) is 17.1 Å². The van der Waals surface area contributed by atoms with Crippen molar-refractivity contribution in [3.63, 3.8) is 0 Å². The van der Waals surface area contributed by atoms with Gasteiger partial charge in [0.15, 0.2) is 0 Å². The topological polar surface area (TPSA) is 43.6 Å². The number of ether oxygens (including phenoxy) is 1. The molecule has 2 heterocycles. The number of rotatable bonds is 3. The summed E-state index contributed by atoms with van der Waals surface area (Å²) in [4.78, 5) is 15.2. The second kappa shape index (κ2) is 4.57. The third kappa shape index (κ3) is 1.97. The number of hydrogen-bond donors (Lipinski definition) is 0. The van der Waals surface area contributed by atoms with Gasteiger partial charge in [-0.25, -0.2) is 4.98 Å². The summed E-state index contributed by atoms with van der Waals surface area (Å²) < 4.78 is 7.16. The zero-order chi connectivity index (χ0) is 13.2. The third-order valence-corrected chi connectivity index (χ3v) is 3.02. The molecule has 0 spiro atoms. The Morgan fingerprint density at radius 3 is 2.95 bits per heavy atom. The maximum absolute atomic E-state index is 10.8. The molecule has 19 heavy (non-hydrogen) atoms. The van der Waals surface area contributed by atoms with E-state index in [1.807, 2.05) is 40.9 Å². The quantitative estimate of drug-likeness (QED) is 0.673. The summed E-state index contributed by atoms with van der Waals surface area (Å²) in [6.45, 7) is 0. The van der Waals surface area contributed by atoms with Gasteiger partial charge in [-0.2, -0.15) is 0 Å². The molecule has 0 bridgehead atoms. The third-order valence-electron chi connectivity index (χ3n) is 3.02. The minimum absolute atomic E-state index is 0.643. The first kappa shape index (κ1) is 11.5. The first-order chi connectivity index (χ1) is 9.31. The van der Waals surface area contributed by atoms with Crippen LogP contribution >= 0.6 is 0 Å². The van der Waals surface area contributed by atoms with Crippen LogP contribution in [0.15, 0.2) is 48.8 Å². The molecule has 0 N–H and O–H groups in total. The second-order valence-corrected chi connectivity index (χ2v) is 4.19. The number of methoxy groups -OCH3 is 1. The molecule has 0 aliphatic heterocycles. The predicted octanol–water partition coefficient (Wildman–Crippen LogP) is 2.82. The molecule has 3 aromatic rings. The predicted molar refractivity (Wildman–Crippen MR) is 72.6 cm³/mol. The number of carbonyl (C=O) groups excluding carboxylic acids is 1. The number of carbonyl (C=O) groups is 1. The smallest absolute Gasteiger partial charge is 0.150 e. The van der Waals surface area contributed by atoms with E-state index < -0.39 is 0 Å². The van der Waals surface area contributed by atoms with Crippen molar-refractivity contribution < 1.29 is 9.53 Å². The minimum Gasteiger partial charge on any atom is -0.497 e. The molecule has 2 aromatic heterocycles. The molecule has 94 valence electrons. The van der Waals surface area contributed by atoms with Crippen LogP contribution in [0.4, 0.5) is 0 Å². The molecule has 0 radical (unpaired) electrons. The van der Waals surface area contributed by atoms with E-state index in [9.17, 15) is 4.79 Å². The van der Waals surface area contributed by atoms with Crippen molar-refractivity contribution >= 4 is 11.8 Å². The van der Waals surface area contributed by atoms with Crippen LogP contribution in [0.1, 0.15) is 10.4 Å². The average Bonchev–Trinajstić information content (AvgIpc) is 2.90. The van der Waals surface area contributed by atoms with Crippen molar-refractivity contribution in [3.05, 3.63) is 54.4 Å². The lowest BCUT2D eigenvalue weighted by atomic mass is 10.2. The summed E-state index contributed by atoms with van der Waals surface area (Å²) in [5.41, 5.74) is 2.50. The highest BCUT2D eigenvalue weighted by atomic mass is 16.5. The first-order valence-corrected chi connectivity index (χ1v) is 5.88. The maximum Gasteiger partial charge on any atom is 0.150 e. The SMILES string of the molecule is COc1cccc(-c2ncc3cc(C=O)ccn23)c1. The standard InChI is InChI=1S/C15H12N2O2/c1-19-14-4-2-3-12(8-14)15-16-9-13-7-11(10-18)5-6-17(13)15/h2-10H,1H3. The van der Waals surface area contributed by atoms with Crippen LogP contribution in [0.5, 0.6) is 5.75 Å². The van der Waals surface area contributed by atoms with Gasteiger partial charge in [0.1, 0.15) is 17.9 Å². The largest absolute Gasteiger partial charge is 0.497 e. The van der Waals surface area contributed by atoms with Gasteiger partial charge in [0.25, 0.3) is 0 Å². The number of aromatic nitrogens is 2. The van der Waals surface area contributed by atoms with Gasteiger partial charge in [0, 0.05) is 17.3 Å². The molecular formula is C15H12N2O2. The Kier molecular flexibility index (Phi) is 2.76. The number of nitrogens with zero attached hydrogens (tertiary/aromatic N) is 2. The van der Waals surface area contributed by atoms with Gasteiger partial charge in [-0.05, 0) is 24.3 Å². The molecule has 0 unspecified atom stereocenters. The molecule has 0 aliphatic rings. The van der Waals surface area contributed by atoms with Crippen molar-refractivity contribution in [1.29, 1.82) is 0 Å². The van der Waals surface area contributed by atoms with Crippen molar-refractivity contribution in [2.75, 3.05) is 7.11 Å². The van der Waals surface area contributed by atoms with Crippen molar-refractivity contribution in [2.45, 2.75) is 0 Å². The summed E-state index contributed by atoms with van der Waals surface area (Å²) >= 11 is 0. The van der Waals surface area contributed by atoms with Crippen LogP contribution in [0.3, 0.4) is 0 Å². The summed E-state index contributed by atoms with van der Waals surface area (Å²) in [7, 11) is 1.64. The number of hydrogen-bond acceptors (Lipinski definition) is 3. The van der Waals surface area contributed by atoms with Gasteiger partial charge >= 0.3 is 0 Å².